The van der Waals surface area contributed by atoms with E-state index < -0.39 is 0 Å². The first-order valence-electron chi connectivity index (χ1n) is 11.9. The Morgan fingerprint density at radius 2 is 1.85 bits per heavy atom. The number of nitrogens with zero attached hydrogens (tertiary/aromatic N) is 3. The van der Waals surface area contributed by atoms with Crippen molar-refractivity contribution in [1.82, 2.24) is 15.2 Å². The van der Waals surface area contributed by atoms with Crippen LogP contribution >= 0.6 is 0 Å². The van der Waals surface area contributed by atoms with Crippen molar-refractivity contribution in [1.29, 1.82) is 0 Å². The minimum atomic E-state index is -0.371. The molecule has 0 N–H and O–H groups in total. The Bertz CT molecular complexity index is 1330. The highest BCUT2D eigenvalue weighted by molar-refractivity contribution is 6.05. The third-order valence-electron chi connectivity index (χ3n) is 7.29. The zero-order valence-electron chi connectivity index (χ0n) is 19.9. The first-order valence-corrected chi connectivity index (χ1v) is 11.9. The Kier molecular flexibility index (Phi) is 5.90. The summed E-state index contributed by atoms with van der Waals surface area (Å²) in [6.07, 6.45) is 3.88. The van der Waals surface area contributed by atoms with E-state index in [1.807, 2.05) is 54.6 Å². The quantitative estimate of drug-likeness (QED) is 0.323. The number of carbonyl (C=O) groups excluding carboxylic acids is 1. The fraction of sp³-hybridized carbons (Fsp3) is 0.357. The van der Waals surface area contributed by atoms with E-state index in [2.05, 4.69) is 31.0 Å². The van der Waals surface area contributed by atoms with Crippen LogP contribution in [0, 0.1) is 11.3 Å². The van der Waals surface area contributed by atoms with Gasteiger partial charge in [-0.1, -0.05) is 63.6 Å². The molecule has 1 aliphatic carbocycles. The molecule has 1 unspecified atom stereocenters. The maximum Gasteiger partial charge on any atom is 0.339 e. The number of carbonyl (C=O) groups is 1. The molecule has 2 aromatic carbocycles. The molecule has 6 nitrogen and oxygen atoms in total. The molecule has 0 saturated carbocycles. The van der Waals surface area contributed by atoms with Gasteiger partial charge in [-0.3, -0.25) is 4.98 Å². The van der Waals surface area contributed by atoms with Gasteiger partial charge in [-0.05, 0) is 54.4 Å². The van der Waals surface area contributed by atoms with Gasteiger partial charge in [-0.15, -0.1) is 10.2 Å². The lowest BCUT2D eigenvalue weighted by Crippen LogP contribution is -2.30. The fourth-order valence-corrected chi connectivity index (χ4v) is 4.79. The number of ether oxygens (including phenoxy) is 1. The smallest absolute Gasteiger partial charge is 0.339 e. The van der Waals surface area contributed by atoms with Gasteiger partial charge in [0.2, 0.25) is 5.89 Å². The normalized spacial score (nSPS) is 15.8. The number of pyridine rings is 1. The number of aryl methyl sites for hydroxylation is 1. The molecule has 4 aromatic rings. The van der Waals surface area contributed by atoms with E-state index >= 15 is 0 Å². The summed E-state index contributed by atoms with van der Waals surface area (Å²) in [6.45, 7) is 6.79. The molecule has 1 atom stereocenters. The molecule has 5 rings (SSSR count). The average Bonchev–Trinajstić information content (AvgIpc) is 3.35. The number of esters is 1. The van der Waals surface area contributed by atoms with Crippen LogP contribution in [-0.4, -0.2) is 21.2 Å². The molecule has 2 heterocycles. The standard InChI is InChI=1S/C28H29N3O3/c1-4-28(2,3)19-14-15-23-21(16-19)25(20-12-8-9-13-22(20)29-23)27(32)33-17-24-30-31-26(34-24)18-10-6-5-7-11-18/h5-13,19H,4,14-17H2,1-3H3. The molecular weight excluding hydrogens is 426 g/mol. The van der Waals surface area contributed by atoms with E-state index in [1.165, 1.54) is 0 Å². The SMILES string of the molecule is CCC(C)(C)C1CCc2nc3ccccc3c(C(=O)OCc3nnc(-c4ccccc4)o3)c2C1. The molecule has 0 radical (unpaired) electrons. The molecule has 0 spiro atoms. The number of benzene rings is 2. The average molecular weight is 456 g/mol. The molecule has 0 bridgehead atoms. The van der Waals surface area contributed by atoms with Crippen molar-refractivity contribution < 1.29 is 13.9 Å². The highest BCUT2D eigenvalue weighted by Crippen LogP contribution is 2.41. The predicted octanol–water partition coefficient (Wildman–Crippen LogP) is 6.18. The van der Waals surface area contributed by atoms with Crippen LogP contribution in [0.2, 0.25) is 0 Å². The molecule has 0 saturated heterocycles. The maximum atomic E-state index is 13.5. The van der Waals surface area contributed by atoms with Crippen LogP contribution in [0.5, 0.6) is 0 Å². The topological polar surface area (TPSA) is 78.1 Å². The van der Waals surface area contributed by atoms with Crippen molar-refractivity contribution >= 4 is 16.9 Å². The highest BCUT2D eigenvalue weighted by Gasteiger charge is 2.34. The summed E-state index contributed by atoms with van der Waals surface area (Å²) in [5, 5.41) is 8.97. The summed E-state index contributed by atoms with van der Waals surface area (Å²) in [5.41, 5.74) is 4.51. The van der Waals surface area contributed by atoms with Crippen LogP contribution in [0.15, 0.2) is 59.0 Å². The van der Waals surface area contributed by atoms with Crippen molar-refractivity contribution in [2.24, 2.45) is 11.3 Å². The van der Waals surface area contributed by atoms with E-state index in [4.69, 9.17) is 14.1 Å². The van der Waals surface area contributed by atoms with E-state index in [9.17, 15) is 4.79 Å². The van der Waals surface area contributed by atoms with Gasteiger partial charge in [0.25, 0.3) is 5.89 Å². The summed E-state index contributed by atoms with van der Waals surface area (Å²) >= 11 is 0. The largest absolute Gasteiger partial charge is 0.452 e. The van der Waals surface area contributed by atoms with Crippen LogP contribution in [0.4, 0.5) is 0 Å². The zero-order chi connectivity index (χ0) is 23.7. The molecule has 2 aromatic heterocycles. The molecule has 0 fully saturated rings. The lowest BCUT2D eigenvalue weighted by atomic mass is 9.68. The van der Waals surface area contributed by atoms with Crippen LogP contribution < -0.4 is 0 Å². The Hall–Kier alpha value is -3.54. The van der Waals surface area contributed by atoms with Gasteiger partial charge in [0.05, 0.1) is 11.1 Å². The first kappa shape index (κ1) is 22.3. The summed E-state index contributed by atoms with van der Waals surface area (Å²) in [4.78, 5) is 18.4. The molecular formula is C28H29N3O3. The van der Waals surface area contributed by atoms with E-state index in [0.29, 0.717) is 17.4 Å². The third kappa shape index (κ3) is 4.20. The van der Waals surface area contributed by atoms with Crippen LogP contribution in [-0.2, 0) is 24.2 Å². The zero-order valence-corrected chi connectivity index (χ0v) is 19.9. The predicted molar refractivity (Wildman–Crippen MR) is 130 cm³/mol. The van der Waals surface area contributed by atoms with Crippen molar-refractivity contribution in [3.8, 4) is 11.5 Å². The van der Waals surface area contributed by atoms with E-state index in [0.717, 1.165) is 53.4 Å². The van der Waals surface area contributed by atoms with E-state index in [1.54, 1.807) is 0 Å². The van der Waals surface area contributed by atoms with Gasteiger partial charge in [0.1, 0.15) is 0 Å². The second-order valence-electron chi connectivity index (χ2n) is 9.65. The van der Waals surface area contributed by atoms with Gasteiger partial charge in [-0.25, -0.2) is 4.79 Å². The minimum absolute atomic E-state index is 0.0754. The monoisotopic (exact) mass is 455 g/mol. The molecule has 6 heteroatoms. The second kappa shape index (κ2) is 9.01. The molecule has 1 aliphatic rings. The minimum Gasteiger partial charge on any atom is -0.452 e. The number of aromatic nitrogens is 3. The molecule has 34 heavy (non-hydrogen) atoms. The lowest BCUT2D eigenvalue weighted by Gasteiger charge is -2.37. The third-order valence-corrected chi connectivity index (χ3v) is 7.29. The van der Waals surface area contributed by atoms with Crippen molar-refractivity contribution in [2.45, 2.75) is 53.1 Å². The number of fused-ring (bicyclic) bond motifs is 2. The Morgan fingerprint density at radius 3 is 2.65 bits per heavy atom. The number of rotatable bonds is 6. The lowest BCUT2D eigenvalue weighted by molar-refractivity contribution is 0.0438. The highest BCUT2D eigenvalue weighted by atomic mass is 16.5. The number of hydrogen-bond acceptors (Lipinski definition) is 6. The van der Waals surface area contributed by atoms with Gasteiger partial charge in [0.15, 0.2) is 6.61 Å². The maximum absolute atomic E-state index is 13.5. The summed E-state index contributed by atoms with van der Waals surface area (Å²) in [5.74, 6) is 0.792. The van der Waals surface area contributed by atoms with Crippen molar-refractivity contribution in [3.05, 3.63) is 77.3 Å². The van der Waals surface area contributed by atoms with Crippen molar-refractivity contribution in [2.75, 3.05) is 0 Å². The fourth-order valence-electron chi connectivity index (χ4n) is 4.79. The summed E-state index contributed by atoms with van der Waals surface area (Å²) in [6, 6.07) is 17.3. The summed E-state index contributed by atoms with van der Waals surface area (Å²) < 4.78 is 11.4. The van der Waals surface area contributed by atoms with Crippen molar-refractivity contribution in [3.63, 3.8) is 0 Å². The molecule has 0 amide bonds. The van der Waals surface area contributed by atoms with Crippen LogP contribution in [0.1, 0.15) is 61.1 Å². The number of para-hydroxylation sites is 1. The van der Waals surface area contributed by atoms with Gasteiger partial charge >= 0.3 is 5.97 Å². The Labute approximate surface area is 199 Å². The molecule has 174 valence electrons. The Morgan fingerprint density at radius 1 is 1.09 bits per heavy atom. The molecule has 0 aliphatic heterocycles. The van der Waals surface area contributed by atoms with Gasteiger partial charge in [0, 0.05) is 16.6 Å². The summed E-state index contributed by atoms with van der Waals surface area (Å²) in [7, 11) is 0. The number of hydrogen-bond donors (Lipinski definition) is 0. The second-order valence-corrected chi connectivity index (χ2v) is 9.65. The van der Waals surface area contributed by atoms with Gasteiger partial charge < -0.3 is 9.15 Å². The van der Waals surface area contributed by atoms with Crippen LogP contribution in [0.25, 0.3) is 22.4 Å². The van der Waals surface area contributed by atoms with E-state index in [-0.39, 0.29) is 23.9 Å². The van der Waals surface area contributed by atoms with Crippen LogP contribution in [0.3, 0.4) is 0 Å². The first-order chi connectivity index (χ1) is 16.5. The Balaban J connectivity index is 1.44. The van der Waals surface area contributed by atoms with Gasteiger partial charge in [-0.2, -0.15) is 0 Å².